The number of hydrogen-bond acceptors (Lipinski definition) is 3. The third-order valence-corrected chi connectivity index (χ3v) is 2.81. The van der Waals surface area contributed by atoms with Gasteiger partial charge < -0.3 is 9.88 Å². The van der Waals surface area contributed by atoms with Crippen molar-refractivity contribution in [2.24, 2.45) is 7.05 Å². The minimum Gasteiger partial charge on any atom is -0.331 e. The number of fused-ring (bicyclic) bond motifs is 1. The molecular formula is C13H14N4O. The van der Waals surface area contributed by atoms with Crippen LogP contribution in [0.2, 0.25) is 0 Å². The first kappa shape index (κ1) is 12.1. The molecule has 0 atom stereocenters. The number of rotatable bonds is 3. The summed E-state index contributed by atoms with van der Waals surface area (Å²) in [6.45, 7) is 2.05. The molecule has 92 valence electrons. The smallest absolute Gasteiger partial charge is 0.238 e. The molecule has 0 radical (unpaired) electrons. The van der Waals surface area contributed by atoms with Crippen molar-refractivity contribution in [3.8, 4) is 6.07 Å². The van der Waals surface area contributed by atoms with Crippen LogP contribution in [0.1, 0.15) is 19.2 Å². The van der Waals surface area contributed by atoms with Crippen LogP contribution >= 0.6 is 0 Å². The largest absolute Gasteiger partial charge is 0.331 e. The number of hydrogen-bond donors (Lipinski definition) is 1. The fourth-order valence-corrected chi connectivity index (χ4v) is 1.92. The lowest BCUT2D eigenvalue weighted by Crippen LogP contribution is -2.09. The second-order valence-electron chi connectivity index (χ2n) is 4.03. The molecule has 18 heavy (non-hydrogen) atoms. The van der Waals surface area contributed by atoms with Gasteiger partial charge in [-0.3, -0.25) is 4.79 Å². The van der Waals surface area contributed by atoms with Crippen LogP contribution in [0, 0.1) is 11.3 Å². The number of nitrogens with one attached hydrogen (secondary N) is 1. The first-order chi connectivity index (χ1) is 8.65. The molecule has 0 spiro atoms. The van der Waals surface area contributed by atoms with Crippen molar-refractivity contribution in [3.63, 3.8) is 0 Å². The van der Waals surface area contributed by atoms with Crippen molar-refractivity contribution in [1.29, 1.82) is 5.26 Å². The molecule has 1 aromatic carbocycles. The van der Waals surface area contributed by atoms with Gasteiger partial charge in [0.15, 0.2) is 0 Å². The second kappa shape index (κ2) is 4.88. The molecule has 2 rings (SSSR count). The fraction of sp³-hybridized carbons (Fsp3) is 0.308. The van der Waals surface area contributed by atoms with E-state index in [4.69, 9.17) is 5.26 Å². The van der Waals surface area contributed by atoms with E-state index in [1.807, 2.05) is 35.9 Å². The van der Waals surface area contributed by atoms with E-state index in [9.17, 15) is 4.79 Å². The number of imidazole rings is 1. The first-order valence-electron chi connectivity index (χ1n) is 5.78. The lowest BCUT2D eigenvalue weighted by Gasteiger charge is -2.02. The maximum Gasteiger partial charge on any atom is 0.238 e. The Morgan fingerprint density at radius 2 is 2.33 bits per heavy atom. The Morgan fingerprint density at radius 3 is 3.00 bits per heavy atom. The van der Waals surface area contributed by atoms with Crippen LogP contribution in [0.25, 0.3) is 11.0 Å². The number of carbonyl (C=O) groups excluding carboxylic acids is 1. The van der Waals surface area contributed by atoms with Crippen LogP contribution < -0.4 is 5.32 Å². The van der Waals surface area contributed by atoms with E-state index in [1.165, 1.54) is 0 Å². The number of anilines is 1. The van der Waals surface area contributed by atoms with Crippen molar-refractivity contribution in [2.45, 2.75) is 19.8 Å². The van der Waals surface area contributed by atoms with Crippen molar-refractivity contribution >= 4 is 22.6 Å². The molecule has 0 aliphatic rings. The highest BCUT2D eigenvalue weighted by atomic mass is 16.1. The predicted octanol–water partition coefficient (Wildman–Crippen LogP) is 1.99. The van der Waals surface area contributed by atoms with Gasteiger partial charge in [-0.05, 0) is 18.2 Å². The molecule has 5 nitrogen and oxygen atoms in total. The van der Waals surface area contributed by atoms with E-state index >= 15 is 0 Å². The highest BCUT2D eigenvalue weighted by Crippen LogP contribution is 2.20. The van der Waals surface area contributed by atoms with E-state index in [1.54, 1.807) is 0 Å². The topological polar surface area (TPSA) is 70.7 Å². The highest BCUT2D eigenvalue weighted by molar-refractivity contribution is 5.94. The standard InChI is InChI=1S/C13H14N4O/c1-3-12-16-10-8-9(15-13(18)6-7-14)4-5-11(10)17(12)2/h4-5,8H,3,6H2,1-2H3,(H,15,18). The first-order valence-corrected chi connectivity index (χ1v) is 5.78. The van der Waals surface area contributed by atoms with E-state index in [-0.39, 0.29) is 12.3 Å². The average molecular weight is 242 g/mol. The van der Waals surface area contributed by atoms with Gasteiger partial charge in [0.25, 0.3) is 0 Å². The summed E-state index contributed by atoms with van der Waals surface area (Å²) < 4.78 is 2.04. The molecule has 0 aliphatic heterocycles. The lowest BCUT2D eigenvalue weighted by atomic mass is 10.2. The lowest BCUT2D eigenvalue weighted by molar-refractivity contribution is -0.115. The fourth-order valence-electron chi connectivity index (χ4n) is 1.92. The number of aryl methyl sites for hydroxylation is 2. The Morgan fingerprint density at radius 1 is 1.56 bits per heavy atom. The van der Waals surface area contributed by atoms with Gasteiger partial charge in [0.2, 0.25) is 5.91 Å². The minimum atomic E-state index is -0.302. The molecule has 0 saturated carbocycles. The summed E-state index contributed by atoms with van der Waals surface area (Å²) >= 11 is 0. The summed E-state index contributed by atoms with van der Waals surface area (Å²) in [6, 6.07) is 7.38. The van der Waals surface area contributed by atoms with E-state index < -0.39 is 0 Å². The summed E-state index contributed by atoms with van der Waals surface area (Å²) in [5.74, 6) is 0.703. The Bertz CT molecular complexity index is 636. The number of aromatic nitrogens is 2. The molecule has 5 heteroatoms. The molecule has 2 aromatic rings. The monoisotopic (exact) mass is 242 g/mol. The minimum absolute atomic E-state index is 0.138. The molecule has 1 heterocycles. The highest BCUT2D eigenvalue weighted by Gasteiger charge is 2.08. The number of benzene rings is 1. The van der Waals surface area contributed by atoms with Crippen molar-refractivity contribution in [1.82, 2.24) is 9.55 Å². The zero-order valence-corrected chi connectivity index (χ0v) is 10.4. The van der Waals surface area contributed by atoms with Gasteiger partial charge in [0.05, 0.1) is 17.1 Å². The Labute approximate surface area is 105 Å². The Balaban J connectivity index is 2.33. The average Bonchev–Trinajstić information content (AvgIpc) is 2.66. The summed E-state index contributed by atoms with van der Waals surface area (Å²) in [4.78, 5) is 15.8. The van der Waals surface area contributed by atoms with Crippen LogP contribution in [0.15, 0.2) is 18.2 Å². The molecule has 0 aliphatic carbocycles. The van der Waals surface area contributed by atoms with E-state index in [0.717, 1.165) is 23.3 Å². The Kier molecular flexibility index (Phi) is 3.28. The molecule has 1 amide bonds. The zero-order chi connectivity index (χ0) is 13.1. The summed E-state index contributed by atoms with van der Waals surface area (Å²) in [7, 11) is 1.97. The molecule has 0 bridgehead atoms. The van der Waals surface area contributed by atoms with Gasteiger partial charge in [-0.25, -0.2) is 4.98 Å². The summed E-state index contributed by atoms with van der Waals surface area (Å²) in [5.41, 5.74) is 2.55. The Hall–Kier alpha value is -2.35. The number of nitrogens with zero attached hydrogens (tertiary/aromatic N) is 3. The molecular weight excluding hydrogens is 228 g/mol. The second-order valence-corrected chi connectivity index (χ2v) is 4.03. The van der Waals surface area contributed by atoms with Gasteiger partial charge in [-0.2, -0.15) is 5.26 Å². The summed E-state index contributed by atoms with van der Waals surface area (Å²) in [6.07, 6.45) is 0.724. The predicted molar refractivity (Wildman–Crippen MR) is 69.0 cm³/mol. The van der Waals surface area contributed by atoms with E-state index in [0.29, 0.717) is 5.69 Å². The van der Waals surface area contributed by atoms with Crippen LogP contribution in [-0.2, 0) is 18.3 Å². The quantitative estimate of drug-likeness (QED) is 0.894. The molecule has 1 N–H and O–H groups in total. The molecule has 0 fully saturated rings. The van der Waals surface area contributed by atoms with Crippen LogP contribution in [0.5, 0.6) is 0 Å². The zero-order valence-electron chi connectivity index (χ0n) is 10.4. The maximum absolute atomic E-state index is 11.3. The number of amides is 1. The maximum atomic E-state index is 11.3. The van der Waals surface area contributed by atoms with Crippen LogP contribution in [0.3, 0.4) is 0 Å². The number of nitriles is 1. The van der Waals surface area contributed by atoms with E-state index in [2.05, 4.69) is 17.2 Å². The third kappa shape index (κ3) is 2.18. The summed E-state index contributed by atoms with van der Waals surface area (Å²) in [5, 5.41) is 11.1. The van der Waals surface area contributed by atoms with Crippen molar-refractivity contribution < 1.29 is 4.79 Å². The van der Waals surface area contributed by atoms with Gasteiger partial charge >= 0.3 is 0 Å². The van der Waals surface area contributed by atoms with Crippen LogP contribution in [-0.4, -0.2) is 15.5 Å². The van der Waals surface area contributed by atoms with Crippen molar-refractivity contribution in [3.05, 3.63) is 24.0 Å². The molecule has 0 unspecified atom stereocenters. The normalized spacial score (nSPS) is 10.3. The van der Waals surface area contributed by atoms with Crippen molar-refractivity contribution in [2.75, 3.05) is 5.32 Å². The van der Waals surface area contributed by atoms with Gasteiger partial charge in [-0.15, -0.1) is 0 Å². The molecule has 0 saturated heterocycles. The van der Waals surface area contributed by atoms with Crippen LogP contribution in [0.4, 0.5) is 5.69 Å². The SMILES string of the molecule is CCc1nc2cc(NC(=O)CC#N)ccc2n1C. The third-order valence-electron chi connectivity index (χ3n) is 2.81. The number of carbonyl (C=O) groups is 1. The van der Waals surface area contributed by atoms with Gasteiger partial charge in [0.1, 0.15) is 12.2 Å². The van der Waals surface area contributed by atoms with Gasteiger partial charge in [0, 0.05) is 19.2 Å². The molecule has 1 aromatic heterocycles. The van der Waals surface area contributed by atoms with Gasteiger partial charge in [-0.1, -0.05) is 6.92 Å².